The second-order valence-electron chi connectivity index (χ2n) is 9.17. The molecule has 0 fully saturated rings. The van der Waals surface area contributed by atoms with Gasteiger partial charge < -0.3 is 13.7 Å². The number of pyridine rings is 1. The van der Waals surface area contributed by atoms with Crippen molar-refractivity contribution < 1.29 is 32.1 Å². The van der Waals surface area contributed by atoms with Crippen molar-refractivity contribution in [3.8, 4) is 28.5 Å². The number of anilines is 1. The number of hydrogen-bond donors (Lipinski definition) is 2. The minimum absolute atomic E-state index is 0.0189. The number of carbonyl (C=O) groups excluding carboxylic acids is 1. The fraction of sp³-hybridized carbons (Fsp3) is 0.138. The van der Waals surface area contributed by atoms with Crippen molar-refractivity contribution in [1.29, 1.82) is 0 Å². The molecule has 0 aliphatic heterocycles. The maximum absolute atomic E-state index is 14.1. The van der Waals surface area contributed by atoms with E-state index >= 15 is 0 Å². The Kier molecular flexibility index (Phi) is 7.60. The maximum atomic E-state index is 14.1. The van der Waals surface area contributed by atoms with Crippen LogP contribution in [0.15, 0.2) is 93.0 Å². The van der Waals surface area contributed by atoms with E-state index in [9.17, 15) is 18.4 Å². The first kappa shape index (κ1) is 27.6. The van der Waals surface area contributed by atoms with Gasteiger partial charge in [-0.1, -0.05) is 11.2 Å². The van der Waals surface area contributed by atoms with Crippen LogP contribution in [0.2, 0.25) is 0 Å². The van der Waals surface area contributed by atoms with Gasteiger partial charge in [0.2, 0.25) is 0 Å². The van der Waals surface area contributed by atoms with E-state index < -0.39 is 15.9 Å². The number of aryl methyl sites for hydroxylation is 2. The molecule has 0 aliphatic carbocycles. The van der Waals surface area contributed by atoms with Crippen LogP contribution in [0.25, 0.3) is 22.8 Å². The lowest BCUT2D eigenvalue weighted by Crippen LogP contribution is -2.34. The first-order chi connectivity index (χ1) is 19.7. The Morgan fingerprint density at radius 3 is 2.46 bits per heavy atom. The van der Waals surface area contributed by atoms with Gasteiger partial charge in [-0.15, -0.1) is 0 Å². The lowest BCUT2D eigenvalue weighted by Gasteiger charge is -2.28. The van der Waals surface area contributed by atoms with Crippen molar-refractivity contribution in [2.45, 2.75) is 25.3 Å². The first-order valence-electron chi connectivity index (χ1n) is 12.4. The van der Waals surface area contributed by atoms with E-state index in [0.717, 1.165) is 4.31 Å². The topological polar surface area (TPSA) is 148 Å². The second kappa shape index (κ2) is 11.3. The lowest BCUT2D eigenvalue weighted by molar-refractivity contribution is 0.0707. The van der Waals surface area contributed by atoms with Crippen molar-refractivity contribution in [3.05, 3.63) is 102 Å². The summed E-state index contributed by atoms with van der Waals surface area (Å²) >= 11 is 0. The Morgan fingerprint density at radius 1 is 1.05 bits per heavy atom. The number of furan rings is 1. The average Bonchev–Trinajstić information content (AvgIpc) is 3.65. The van der Waals surface area contributed by atoms with Gasteiger partial charge in [-0.3, -0.25) is 19.3 Å². The summed E-state index contributed by atoms with van der Waals surface area (Å²) in [5.41, 5.74) is 3.50. The highest BCUT2D eigenvalue weighted by molar-refractivity contribution is 7.92. The standard InChI is InChI=1S/C29H26N4O7S/c1-18-13-21(27-15-25(32-40-27)26-11-6-19(2)39-26)14-24(29(34)31-35)28(18)33(17-20-5-4-12-30-16-20)41(36,37)23-9-7-22(38-3)8-10-23/h4-16,35H,17H2,1-3H3,(H,31,34). The number of nitrogens with zero attached hydrogens (tertiary/aromatic N) is 3. The average molecular weight is 575 g/mol. The number of aromatic nitrogens is 2. The second-order valence-corrected chi connectivity index (χ2v) is 11.0. The van der Waals surface area contributed by atoms with E-state index in [4.69, 9.17) is 13.7 Å². The van der Waals surface area contributed by atoms with Crippen LogP contribution in [0, 0.1) is 13.8 Å². The highest BCUT2D eigenvalue weighted by Gasteiger charge is 2.31. The third kappa shape index (κ3) is 5.55. The van der Waals surface area contributed by atoms with Gasteiger partial charge in [0, 0.05) is 24.0 Å². The molecule has 0 radical (unpaired) electrons. The lowest BCUT2D eigenvalue weighted by atomic mass is 10.0. The number of ether oxygens (including phenoxy) is 1. The normalized spacial score (nSPS) is 11.3. The van der Waals surface area contributed by atoms with Gasteiger partial charge in [0.05, 0.1) is 29.8 Å². The molecule has 0 spiro atoms. The monoisotopic (exact) mass is 574 g/mol. The Balaban J connectivity index is 1.66. The summed E-state index contributed by atoms with van der Waals surface area (Å²) in [7, 11) is -2.75. The number of hydrogen-bond acceptors (Lipinski definition) is 9. The van der Waals surface area contributed by atoms with Crippen LogP contribution < -0.4 is 14.5 Å². The maximum Gasteiger partial charge on any atom is 0.276 e. The molecule has 0 unspecified atom stereocenters. The number of carbonyl (C=O) groups is 1. The van der Waals surface area contributed by atoms with Crippen molar-refractivity contribution in [1.82, 2.24) is 15.6 Å². The Labute approximate surface area is 236 Å². The zero-order valence-electron chi connectivity index (χ0n) is 22.4. The molecule has 3 aromatic heterocycles. The molecule has 2 aromatic carbocycles. The van der Waals surface area contributed by atoms with E-state index in [0.29, 0.717) is 45.4 Å². The van der Waals surface area contributed by atoms with Crippen LogP contribution in [0.1, 0.15) is 27.2 Å². The number of sulfonamides is 1. The number of hydroxylamine groups is 1. The van der Waals surface area contributed by atoms with Crippen LogP contribution in [0.4, 0.5) is 5.69 Å². The fourth-order valence-electron chi connectivity index (χ4n) is 4.40. The summed E-state index contributed by atoms with van der Waals surface area (Å²) in [5, 5.41) is 13.7. The molecule has 3 heterocycles. The molecule has 0 aliphatic rings. The summed E-state index contributed by atoms with van der Waals surface area (Å²) < 4.78 is 45.6. The van der Waals surface area contributed by atoms with Gasteiger partial charge in [0.15, 0.2) is 11.5 Å². The van der Waals surface area contributed by atoms with Gasteiger partial charge in [-0.25, -0.2) is 13.9 Å². The summed E-state index contributed by atoms with van der Waals surface area (Å²) in [4.78, 5) is 17.1. The van der Waals surface area contributed by atoms with Gasteiger partial charge >= 0.3 is 0 Å². The molecule has 12 heteroatoms. The third-order valence-corrected chi connectivity index (χ3v) is 8.14. The number of nitrogens with one attached hydrogen (secondary N) is 1. The van der Waals surface area contributed by atoms with E-state index in [1.165, 1.54) is 37.4 Å². The summed E-state index contributed by atoms with van der Waals surface area (Å²) in [6.45, 7) is 3.34. The molecular formula is C29H26N4O7S. The quantitative estimate of drug-likeness (QED) is 0.180. The largest absolute Gasteiger partial charge is 0.497 e. The van der Waals surface area contributed by atoms with Crippen LogP contribution in [0.3, 0.4) is 0 Å². The van der Waals surface area contributed by atoms with Crippen molar-refractivity contribution >= 4 is 21.6 Å². The molecular weight excluding hydrogens is 548 g/mol. The molecule has 210 valence electrons. The Morgan fingerprint density at radius 2 is 1.83 bits per heavy atom. The van der Waals surface area contributed by atoms with E-state index in [1.807, 2.05) is 6.92 Å². The highest BCUT2D eigenvalue weighted by atomic mass is 32.2. The minimum atomic E-state index is -4.23. The predicted molar refractivity (Wildman–Crippen MR) is 149 cm³/mol. The van der Waals surface area contributed by atoms with E-state index in [-0.39, 0.29) is 22.7 Å². The first-order valence-corrected chi connectivity index (χ1v) is 13.8. The summed E-state index contributed by atoms with van der Waals surface area (Å²) in [6.07, 6.45) is 3.12. The van der Waals surface area contributed by atoms with Crippen LogP contribution >= 0.6 is 0 Å². The molecule has 0 saturated heterocycles. The van der Waals surface area contributed by atoms with Gasteiger partial charge in [0.1, 0.15) is 17.2 Å². The molecule has 0 atom stereocenters. The van der Waals surface area contributed by atoms with Crippen LogP contribution in [0.5, 0.6) is 5.75 Å². The molecule has 1 amide bonds. The molecule has 41 heavy (non-hydrogen) atoms. The molecule has 11 nitrogen and oxygen atoms in total. The van der Waals surface area contributed by atoms with Crippen molar-refractivity contribution in [2.24, 2.45) is 0 Å². The number of benzene rings is 2. The van der Waals surface area contributed by atoms with E-state index in [2.05, 4.69) is 10.1 Å². The third-order valence-electron chi connectivity index (χ3n) is 6.38. The SMILES string of the molecule is COc1ccc(S(=O)(=O)N(Cc2cccnc2)c2c(C)cc(-c3cc(-c4ccc(C)o4)no3)cc2C(=O)NO)cc1. The van der Waals surface area contributed by atoms with Gasteiger partial charge in [0.25, 0.3) is 15.9 Å². The number of amides is 1. The minimum Gasteiger partial charge on any atom is -0.497 e. The summed E-state index contributed by atoms with van der Waals surface area (Å²) in [5.74, 6) is 1.10. The molecule has 0 bridgehead atoms. The number of rotatable bonds is 9. The smallest absolute Gasteiger partial charge is 0.276 e. The Bertz CT molecular complexity index is 1800. The van der Waals surface area contributed by atoms with Gasteiger partial charge in [-0.2, -0.15) is 0 Å². The number of methoxy groups -OCH3 is 1. The Hall–Kier alpha value is -4.94. The summed E-state index contributed by atoms with van der Waals surface area (Å²) in [6, 6.07) is 17.7. The van der Waals surface area contributed by atoms with Crippen molar-refractivity contribution in [3.63, 3.8) is 0 Å². The van der Waals surface area contributed by atoms with Crippen molar-refractivity contribution in [2.75, 3.05) is 11.4 Å². The molecule has 0 saturated carbocycles. The van der Waals surface area contributed by atoms with E-state index in [1.54, 1.807) is 61.2 Å². The zero-order chi connectivity index (χ0) is 29.1. The molecule has 2 N–H and O–H groups in total. The van der Waals surface area contributed by atoms with Crippen LogP contribution in [-0.4, -0.2) is 36.8 Å². The highest BCUT2D eigenvalue weighted by Crippen LogP contribution is 2.37. The van der Waals surface area contributed by atoms with Crippen LogP contribution in [-0.2, 0) is 16.6 Å². The molecule has 5 aromatic rings. The molecule has 5 rings (SSSR count). The predicted octanol–water partition coefficient (Wildman–Crippen LogP) is 5.14. The zero-order valence-corrected chi connectivity index (χ0v) is 23.2. The van der Waals surface area contributed by atoms with Gasteiger partial charge in [-0.05, 0) is 79.6 Å². The fourth-order valence-corrected chi connectivity index (χ4v) is 5.94.